The van der Waals surface area contributed by atoms with Crippen LogP contribution >= 0.6 is 0 Å². The van der Waals surface area contributed by atoms with Crippen molar-refractivity contribution in [2.45, 2.75) is 57.6 Å². The van der Waals surface area contributed by atoms with Gasteiger partial charge in [0.15, 0.2) is 0 Å². The second-order valence-electron chi connectivity index (χ2n) is 8.53. The third kappa shape index (κ3) is 3.56. The van der Waals surface area contributed by atoms with Crippen LogP contribution in [0, 0.1) is 5.92 Å². The minimum absolute atomic E-state index is 0.0182. The van der Waals surface area contributed by atoms with Crippen molar-refractivity contribution >= 4 is 11.9 Å². The molecule has 142 valence electrons. The van der Waals surface area contributed by atoms with E-state index in [0.717, 1.165) is 23.3 Å². The maximum absolute atomic E-state index is 12.6. The second-order valence-corrected chi connectivity index (χ2v) is 8.53. The van der Waals surface area contributed by atoms with E-state index in [9.17, 15) is 14.7 Å². The molecule has 3 amide bonds. The molecule has 1 aliphatic heterocycles. The summed E-state index contributed by atoms with van der Waals surface area (Å²) in [4.78, 5) is 25.9. The van der Waals surface area contributed by atoms with Gasteiger partial charge in [0.25, 0.3) is 5.91 Å². The number of nitrogens with one attached hydrogen (secondary N) is 1. The van der Waals surface area contributed by atoms with Crippen LogP contribution in [0.2, 0.25) is 0 Å². The number of aliphatic hydroxyl groups excluding tert-OH is 1. The molecule has 2 unspecified atom stereocenters. The number of β-amino-alcohol motifs (C(OH)–C–C–N with tert-alkyl or cyclic N) is 1. The lowest BCUT2D eigenvalue weighted by Crippen LogP contribution is -2.46. The highest BCUT2D eigenvalue weighted by molar-refractivity contribution is 6.07. The average Bonchev–Trinajstić information content (AvgIpc) is 3.39. The highest BCUT2D eigenvalue weighted by atomic mass is 16.5. The first-order chi connectivity index (χ1) is 12.1. The number of carbonyl (C=O) groups excluding carboxylic acids is 2. The standard InChI is InChI=1S/C20H28N2O4/c1-19(2,3)15-7-5-6-8-16(15)26-12-14(23)11-22-17(24)20(4,13-9-10-13)21-18(22)25/h5-8,13-14,23H,9-12H2,1-4H3,(H,21,25). The predicted octanol–water partition coefficient (Wildman–Crippen LogP) is 2.44. The van der Waals surface area contributed by atoms with Crippen LogP contribution in [0.3, 0.4) is 0 Å². The first-order valence-electron chi connectivity index (χ1n) is 9.17. The number of hydrogen-bond donors (Lipinski definition) is 2. The summed E-state index contributed by atoms with van der Waals surface area (Å²) < 4.78 is 5.80. The number of aliphatic hydroxyl groups is 1. The van der Waals surface area contributed by atoms with Crippen LogP contribution < -0.4 is 10.1 Å². The molecule has 1 aliphatic carbocycles. The van der Waals surface area contributed by atoms with Gasteiger partial charge in [0.05, 0.1) is 6.54 Å². The van der Waals surface area contributed by atoms with Crippen molar-refractivity contribution in [3.05, 3.63) is 29.8 Å². The average molecular weight is 360 g/mol. The van der Waals surface area contributed by atoms with E-state index >= 15 is 0 Å². The zero-order chi connectivity index (χ0) is 19.1. The van der Waals surface area contributed by atoms with Crippen molar-refractivity contribution < 1.29 is 19.4 Å². The summed E-state index contributed by atoms with van der Waals surface area (Å²) in [6, 6.07) is 7.27. The van der Waals surface area contributed by atoms with Gasteiger partial charge in [-0.2, -0.15) is 0 Å². The van der Waals surface area contributed by atoms with Crippen molar-refractivity contribution in [2.24, 2.45) is 5.92 Å². The van der Waals surface area contributed by atoms with Crippen LogP contribution in [0.5, 0.6) is 5.75 Å². The molecular formula is C20H28N2O4. The maximum Gasteiger partial charge on any atom is 0.325 e. The molecule has 0 bridgehead atoms. The lowest BCUT2D eigenvalue weighted by atomic mass is 9.86. The number of ether oxygens (including phenoxy) is 1. The Kier molecular flexibility index (Phi) is 4.73. The third-order valence-corrected chi connectivity index (χ3v) is 5.21. The van der Waals surface area contributed by atoms with Crippen LogP contribution in [-0.2, 0) is 10.2 Å². The number of para-hydroxylation sites is 1. The fraction of sp³-hybridized carbons (Fsp3) is 0.600. The van der Waals surface area contributed by atoms with Crippen molar-refractivity contribution in [2.75, 3.05) is 13.2 Å². The molecule has 3 rings (SSSR count). The number of nitrogens with zero attached hydrogens (tertiary/aromatic N) is 1. The van der Waals surface area contributed by atoms with Gasteiger partial charge in [-0.25, -0.2) is 4.79 Å². The molecule has 0 radical (unpaired) electrons. The van der Waals surface area contributed by atoms with Gasteiger partial charge in [-0.1, -0.05) is 39.0 Å². The largest absolute Gasteiger partial charge is 0.491 e. The van der Waals surface area contributed by atoms with E-state index in [4.69, 9.17) is 4.74 Å². The Balaban J connectivity index is 1.61. The molecule has 2 fully saturated rings. The van der Waals surface area contributed by atoms with Gasteiger partial charge < -0.3 is 15.2 Å². The fourth-order valence-corrected chi connectivity index (χ4v) is 3.48. The number of carbonyl (C=O) groups is 2. The van der Waals surface area contributed by atoms with Gasteiger partial charge in [-0.15, -0.1) is 0 Å². The Morgan fingerprint density at radius 1 is 1.31 bits per heavy atom. The normalized spacial score (nSPS) is 24.6. The monoisotopic (exact) mass is 360 g/mol. The molecular weight excluding hydrogens is 332 g/mol. The molecule has 1 saturated heterocycles. The molecule has 1 heterocycles. The van der Waals surface area contributed by atoms with Gasteiger partial charge in [0.2, 0.25) is 0 Å². The molecule has 6 heteroatoms. The highest BCUT2D eigenvalue weighted by Gasteiger charge is 2.56. The van der Waals surface area contributed by atoms with Crippen molar-refractivity contribution in [1.82, 2.24) is 10.2 Å². The van der Waals surface area contributed by atoms with Gasteiger partial charge in [0, 0.05) is 0 Å². The van der Waals surface area contributed by atoms with Gasteiger partial charge in [-0.3, -0.25) is 9.69 Å². The minimum Gasteiger partial charge on any atom is -0.491 e. The lowest BCUT2D eigenvalue weighted by molar-refractivity contribution is -0.132. The summed E-state index contributed by atoms with van der Waals surface area (Å²) in [5.41, 5.74) is 0.137. The topological polar surface area (TPSA) is 78.9 Å². The van der Waals surface area contributed by atoms with E-state index in [1.54, 1.807) is 6.92 Å². The number of imide groups is 1. The zero-order valence-electron chi connectivity index (χ0n) is 15.9. The number of hydrogen-bond acceptors (Lipinski definition) is 4. The summed E-state index contributed by atoms with van der Waals surface area (Å²) in [5.74, 6) is 0.661. The van der Waals surface area contributed by atoms with Crippen LogP contribution in [-0.4, -0.2) is 46.7 Å². The van der Waals surface area contributed by atoms with E-state index in [-0.39, 0.29) is 30.4 Å². The van der Waals surface area contributed by atoms with Crippen LogP contribution in [0.15, 0.2) is 24.3 Å². The van der Waals surface area contributed by atoms with Gasteiger partial charge in [0.1, 0.15) is 24.0 Å². The molecule has 2 aliphatic rings. The first-order valence-corrected chi connectivity index (χ1v) is 9.17. The molecule has 26 heavy (non-hydrogen) atoms. The SMILES string of the molecule is CC(C)(C)c1ccccc1OCC(O)CN1C(=O)NC(C)(C2CC2)C1=O. The summed E-state index contributed by atoms with van der Waals surface area (Å²) in [6.07, 6.45) is 0.955. The molecule has 2 N–H and O–H groups in total. The smallest absolute Gasteiger partial charge is 0.325 e. The number of urea groups is 1. The minimum atomic E-state index is -0.945. The Bertz CT molecular complexity index is 708. The fourth-order valence-electron chi connectivity index (χ4n) is 3.48. The van der Waals surface area contributed by atoms with Crippen molar-refractivity contribution in [3.8, 4) is 5.75 Å². The summed E-state index contributed by atoms with van der Waals surface area (Å²) >= 11 is 0. The Morgan fingerprint density at radius 2 is 1.96 bits per heavy atom. The molecule has 1 saturated carbocycles. The Morgan fingerprint density at radius 3 is 2.58 bits per heavy atom. The number of rotatable bonds is 6. The Labute approximate surface area is 154 Å². The molecule has 1 aromatic carbocycles. The highest BCUT2D eigenvalue weighted by Crippen LogP contribution is 2.42. The predicted molar refractivity (Wildman–Crippen MR) is 98.0 cm³/mol. The molecule has 1 aromatic rings. The lowest BCUT2D eigenvalue weighted by Gasteiger charge is -2.24. The van der Waals surface area contributed by atoms with E-state index in [2.05, 4.69) is 26.1 Å². The summed E-state index contributed by atoms with van der Waals surface area (Å²) in [6.45, 7) is 8.01. The quantitative estimate of drug-likeness (QED) is 0.764. The van der Waals surface area contributed by atoms with E-state index < -0.39 is 17.7 Å². The molecule has 0 spiro atoms. The van der Waals surface area contributed by atoms with Gasteiger partial charge in [-0.05, 0) is 42.7 Å². The van der Waals surface area contributed by atoms with Crippen LogP contribution in [0.1, 0.15) is 46.1 Å². The summed E-state index contributed by atoms with van der Waals surface area (Å²) in [5, 5.41) is 13.1. The van der Waals surface area contributed by atoms with E-state index in [0.29, 0.717) is 5.75 Å². The van der Waals surface area contributed by atoms with Crippen molar-refractivity contribution in [3.63, 3.8) is 0 Å². The third-order valence-electron chi connectivity index (χ3n) is 5.21. The van der Waals surface area contributed by atoms with Crippen molar-refractivity contribution in [1.29, 1.82) is 0 Å². The molecule has 0 aromatic heterocycles. The molecule has 6 nitrogen and oxygen atoms in total. The van der Waals surface area contributed by atoms with E-state index in [1.807, 2.05) is 24.3 Å². The number of amides is 3. The van der Waals surface area contributed by atoms with Crippen LogP contribution in [0.4, 0.5) is 4.79 Å². The first kappa shape index (κ1) is 18.7. The molecule has 2 atom stereocenters. The van der Waals surface area contributed by atoms with Gasteiger partial charge >= 0.3 is 6.03 Å². The Hall–Kier alpha value is -2.08. The van der Waals surface area contributed by atoms with E-state index in [1.165, 1.54) is 0 Å². The maximum atomic E-state index is 12.6. The second kappa shape index (κ2) is 6.58. The zero-order valence-corrected chi connectivity index (χ0v) is 15.9. The van der Waals surface area contributed by atoms with Crippen LogP contribution in [0.25, 0.3) is 0 Å². The summed E-state index contributed by atoms with van der Waals surface area (Å²) in [7, 11) is 0. The number of benzene rings is 1.